The lowest BCUT2D eigenvalue weighted by Crippen LogP contribution is -2.36. The molecule has 386 valence electrons. The molecule has 0 aliphatic heterocycles. The van der Waals surface area contributed by atoms with Crippen molar-refractivity contribution in [2.45, 2.75) is 181 Å². The minimum absolute atomic E-state index is 0.0911. The third kappa shape index (κ3) is 60.5. The molecule has 2 atom stereocenters. The maximum atomic E-state index is 11.7. The number of hydrogen-bond donors (Lipinski definition) is 7. The normalized spacial score (nSPS) is 11.2. The summed E-state index contributed by atoms with van der Waals surface area (Å²) in [7, 11) is 6.60. The smallest absolute Gasteiger partial charge is 0.320 e. The van der Waals surface area contributed by atoms with E-state index in [2.05, 4.69) is 35.1 Å². The lowest BCUT2D eigenvalue weighted by Gasteiger charge is -2.11. The monoisotopic (exact) mass is 946 g/mol. The Morgan fingerprint density at radius 1 is 0.561 bits per heavy atom. The van der Waals surface area contributed by atoms with E-state index in [1.54, 1.807) is 0 Å². The first-order chi connectivity index (χ1) is 31.9. The first kappa shape index (κ1) is 69.1. The summed E-state index contributed by atoms with van der Waals surface area (Å²) in [5.41, 5.74) is 4.98. The predicted octanol–water partition coefficient (Wildman–Crippen LogP) is 5.00. The summed E-state index contributed by atoms with van der Waals surface area (Å²) in [6.07, 6.45) is 22.7. The molecule has 0 aromatic carbocycles. The molecule has 0 aromatic heterocycles. The molecule has 8 N–H and O–H groups in total. The van der Waals surface area contributed by atoms with Crippen molar-refractivity contribution < 1.29 is 62.7 Å². The van der Waals surface area contributed by atoms with Gasteiger partial charge in [-0.2, -0.15) is 0 Å². The number of carboxylic acids is 2. The van der Waals surface area contributed by atoms with E-state index in [1.807, 2.05) is 13.8 Å². The molecule has 0 saturated heterocycles. The summed E-state index contributed by atoms with van der Waals surface area (Å²) in [6.45, 7) is 10.5. The fourth-order valence-electron chi connectivity index (χ4n) is 5.64. The van der Waals surface area contributed by atoms with Crippen LogP contribution in [0.15, 0.2) is 0 Å². The molecule has 0 bridgehead atoms. The number of likely N-dealkylation sites (N-methyl/N-ethyl adjacent to an activating group) is 1. The van der Waals surface area contributed by atoms with Crippen LogP contribution in [-0.2, 0) is 52.5 Å². The highest BCUT2D eigenvalue weighted by atomic mass is 16.5. The summed E-state index contributed by atoms with van der Waals surface area (Å²) in [5.74, 6) is -2.49. The van der Waals surface area contributed by atoms with Gasteiger partial charge >= 0.3 is 11.9 Å². The van der Waals surface area contributed by atoms with Gasteiger partial charge in [-0.05, 0) is 45.6 Å². The fourth-order valence-corrected chi connectivity index (χ4v) is 5.64. The van der Waals surface area contributed by atoms with Crippen LogP contribution in [0.1, 0.15) is 169 Å². The zero-order valence-corrected chi connectivity index (χ0v) is 41.6. The van der Waals surface area contributed by atoms with Crippen molar-refractivity contribution in [1.29, 1.82) is 0 Å². The standard InChI is InChI=1S/C24H44BN5O10.C18H34O3.C3H8.C2H6/c1-27-19(24(35)36)5-6-20(31)29-8-10-37-12-15-40-17-22(33)30-9-11-38-13-14-39-16-21(32)28-7-3-2-4-18(26)23(25)34;19-17-15-13-11-9-7-5-3-1-2-4-6-8-10-12-14-16-18(20)21;1-3-2;1-2/h18-19,27H,2-17,26H2,1H3,(H,28,32)(H,29,31)(H,30,33)(H,35,36);17H,1-16H2,(H,20,21);3H2,1-2H3;1-2H3. The zero-order valence-electron chi connectivity index (χ0n) is 41.6. The van der Waals surface area contributed by atoms with Crippen molar-refractivity contribution in [1.82, 2.24) is 21.3 Å². The number of carbonyl (C=O) groups excluding carboxylic acids is 5. The number of hydrogen-bond acceptors (Lipinski definition) is 13. The van der Waals surface area contributed by atoms with Crippen molar-refractivity contribution in [2.75, 3.05) is 79.5 Å². The number of carboxylic acid groups (broad SMARTS) is 2. The molecule has 0 aliphatic carbocycles. The number of aliphatic carboxylic acids is 2. The number of carbonyl (C=O) groups is 7. The van der Waals surface area contributed by atoms with E-state index in [4.69, 9.17) is 42.7 Å². The molecule has 0 saturated carbocycles. The molecular weight excluding hydrogens is 853 g/mol. The summed E-state index contributed by atoms with van der Waals surface area (Å²) < 4.78 is 21.0. The second-order valence-electron chi connectivity index (χ2n) is 15.4. The average molecular weight is 946 g/mol. The molecule has 18 nitrogen and oxygen atoms in total. The molecule has 66 heavy (non-hydrogen) atoms. The van der Waals surface area contributed by atoms with Gasteiger partial charge in [-0.25, -0.2) is 0 Å². The maximum Gasteiger partial charge on any atom is 0.320 e. The lowest BCUT2D eigenvalue weighted by atomic mass is 9.92. The van der Waals surface area contributed by atoms with Crippen LogP contribution in [-0.4, -0.2) is 151 Å². The minimum atomic E-state index is -1.00. The Hall–Kier alpha value is -3.49. The number of rotatable bonds is 44. The number of amides is 3. The Kier molecular flexibility index (Phi) is 60.3. The molecule has 2 unspecified atom stereocenters. The van der Waals surface area contributed by atoms with Crippen LogP contribution in [0.2, 0.25) is 0 Å². The first-order valence-electron chi connectivity index (χ1n) is 24.6. The maximum absolute atomic E-state index is 11.7. The topological polar surface area (TPSA) is 271 Å². The summed E-state index contributed by atoms with van der Waals surface area (Å²) >= 11 is 0. The molecule has 0 spiro atoms. The van der Waals surface area contributed by atoms with E-state index in [-0.39, 0.29) is 90.0 Å². The van der Waals surface area contributed by atoms with E-state index in [9.17, 15) is 33.6 Å². The summed E-state index contributed by atoms with van der Waals surface area (Å²) in [6, 6.07) is -1.42. The molecule has 0 aliphatic rings. The quantitative estimate of drug-likeness (QED) is 0.0241. The van der Waals surface area contributed by atoms with E-state index in [1.165, 1.54) is 84.1 Å². The summed E-state index contributed by atoms with van der Waals surface area (Å²) in [4.78, 5) is 77.2. The Bertz CT molecular complexity index is 1160. The average Bonchev–Trinajstić information content (AvgIpc) is 3.28. The number of nitrogens with one attached hydrogen (secondary N) is 4. The van der Waals surface area contributed by atoms with Crippen molar-refractivity contribution in [2.24, 2.45) is 5.73 Å². The van der Waals surface area contributed by atoms with Gasteiger partial charge in [-0.1, -0.05) is 111 Å². The Balaban J connectivity index is -0.000000617. The lowest BCUT2D eigenvalue weighted by molar-refractivity contribution is -0.140. The highest BCUT2D eigenvalue weighted by molar-refractivity contribution is 6.59. The Morgan fingerprint density at radius 2 is 0.970 bits per heavy atom. The predicted molar refractivity (Wildman–Crippen MR) is 259 cm³/mol. The van der Waals surface area contributed by atoms with Crippen LogP contribution in [0.5, 0.6) is 0 Å². The second-order valence-corrected chi connectivity index (χ2v) is 15.4. The van der Waals surface area contributed by atoms with Crippen molar-refractivity contribution in [3.8, 4) is 0 Å². The van der Waals surface area contributed by atoms with Crippen LogP contribution < -0.4 is 27.0 Å². The number of aldehydes is 1. The minimum Gasteiger partial charge on any atom is -0.481 e. The van der Waals surface area contributed by atoms with Gasteiger partial charge in [-0.15, -0.1) is 0 Å². The van der Waals surface area contributed by atoms with Gasteiger partial charge in [0.25, 0.3) is 0 Å². The van der Waals surface area contributed by atoms with Crippen LogP contribution >= 0.6 is 0 Å². The molecule has 0 fully saturated rings. The van der Waals surface area contributed by atoms with Crippen molar-refractivity contribution in [3.05, 3.63) is 0 Å². The van der Waals surface area contributed by atoms with E-state index >= 15 is 0 Å². The Labute approximate surface area is 398 Å². The molecule has 2 radical (unpaired) electrons. The van der Waals surface area contributed by atoms with Crippen LogP contribution in [0, 0.1) is 0 Å². The third-order valence-electron chi connectivity index (χ3n) is 9.25. The van der Waals surface area contributed by atoms with Gasteiger partial charge in [0.2, 0.25) is 17.7 Å². The molecule has 0 heterocycles. The molecule has 3 amide bonds. The largest absolute Gasteiger partial charge is 0.481 e. The fraction of sp³-hybridized carbons (Fsp3) is 0.851. The third-order valence-corrected chi connectivity index (χ3v) is 9.25. The zero-order chi connectivity index (χ0) is 50.3. The van der Waals surface area contributed by atoms with E-state index < -0.39 is 29.7 Å². The Morgan fingerprint density at radius 3 is 1.38 bits per heavy atom. The molecule has 0 aromatic rings. The van der Waals surface area contributed by atoms with Crippen LogP contribution in [0.3, 0.4) is 0 Å². The van der Waals surface area contributed by atoms with Gasteiger partial charge in [0, 0.05) is 38.9 Å². The molecule has 0 rings (SSSR count). The van der Waals surface area contributed by atoms with Crippen molar-refractivity contribution in [3.63, 3.8) is 0 Å². The van der Waals surface area contributed by atoms with Gasteiger partial charge < -0.3 is 65.8 Å². The number of nitrogens with two attached hydrogens (primary N) is 1. The van der Waals surface area contributed by atoms with Gasteiger partial charge in [0.05, 0.1) is 51.4 Å². The van der Waals surface area contributed by atoms with Crippen LogP contribution in [0.4, 0.5) is 0 Å². The van der Waals surface area contributed by atoms with Gasteiger partial charge in [0.15, 0.2) is 7.85 Å². The van der Waals surface area contributed by atoms with E-state index in [0.29, 0.717) is 38.8 Å². The highest BCUT2D eigenvalue weighted by Crippen LogP contribution is 2.13. The molecule has 19 heteroatoms. The van der Waals surface area contributed by atoms with Crippen LogP contribution in [0.25, 0.3) is 0 Å². The van der Waals surface area contributed by atoms with Crippen molar-refractivity contribution >= 4 is 49.5 Å². The number of ether oxygens (including phenoxy) is 4. The number of unbranched alkanes of at least 4 members (excludes halogenated alkanes) is 15. The van der Waals surface area contributed by atoms with Gasteiger partial charge in [-0.3, -0.25) is 24.0 Å². The summed E-state index contributed by atoms with van der Waals surface area (Å²) in [5, 5.41) is 28.0. The molecular formula is C47H92BN5O13. The first-order valence-corrected chi connectivity index (χ1v) is 24.6. The second kappa shape index (κ2) is 57.6. The highest BCUT2D eigenvalue weighted by Gasteiger charge is 2.16. The van der Waals surface area contributed by atoms with Gasteiger partial charge in [0.1, 0.15) is 25.5 Å². The van der Waals surface area contributed by atoms with E-state index in [0.717, 1.165) is 32.0 Å². The SMILES string of the molecule is CC.CCC.O=CCCCCCCCCCCCCCCCCC(=O)O.[B]C(=O)C(N)CCCCNC(=O)COCCOCCNC(=O)COCCOCCNC(=O)CCC(NC)C(=O)O.